The highest BCUT2D eigenvalue weighted by atomic mass is 16.7. The van der Waals surface area contributed by atoms with Crippen molar-refractivity contribution in [2.24, 2.45) is 0 Å². The predicted octanol–water partition coefficient (Wildman–Crippen LogP) is 1.72. The van der Waals surface area contributed by atoms with Crippen LogP contribution in [0.1, 0.15) is 27.6 Å². The average Bonchev–Trinajstić information content (AvgIpc) is 3.01. The molecule has 0 aromatic heterocycles. The van der Waals surface area contributed by atoms with E-state index in [-0.39, 0.29) is 12.2 Å². The second kappa shape index (κ2) is 9.31. The molecule has 1 N–H and O–H groups in total. The monoisotopic (exact) mass is 400 g/mol. The molecule has 0 bridgehead atoms. The number of carbonyl (C=O) groups excluding carboxylic acids is 3. The summed E-state index contributed by atoms with van der Waals surface area (Å²) in [5, 5.41) is 10.4. The number of aliphatic hydroxyl groups excluding tert-OH is 1. The van der Waals surface area contributed by atoms with E-state index in [4.69, 9.17) is 18.9 Å². The summed E-state index contributed by atoms with van der Waals surface area (Å²) in [6, 6.07) is 16.5. The molecular formula is C21H20O8. The van der Waals surface area contributed by atoms with E-state index < -0.39 is 42.5 Å². The first-order chi connectivity index (χ1) is 14.0. The quantitative estimate of drug-likeness (QED) is 0.577. The van der Waals surface area contributed by atoms with E-state index in [0.29, 0.717) is 5.56 Å². The van der Waals surface area contributed by atoms with Gasteiger partial charge in [-0.3, -0.25) is 4.79 Å². The van der Waals surface area contributed by atoms with Gasteiger partial charge in [-0.05, 0) is 24.3 Å². The average molecular weight is 400 g/mol. The molecule has 8 nitrogen and oxygen atoms in total. The van der Waals surface area contributed by atoms with Crippen molar-refractivity contribution in [3.63, 3.8) is 0 Å². The number of rotatable bonds is 6. The second-order valence-electron chi connectivity index (χ2n) is 6.34. The van der Waals surface area contributed by atoms with E-state index in [0.717, 1.165) is 0 Å². The minimum atomic E-state index is -1.44. The molecule has 0 amide bonds. The van der Waals surface area contributed by atoms with Crippen molar-refractivity contribution in [1.82, 2.24) is 0 Å². The van der Waals surface area contributed by atoms with E-state index >= 15 is 0 Å². The second-order valence-corrected chi connectivity index (χ2v) is 6.34. The van der Waals surface area contributed by atoms with Crippen LogP contribution in [0.3, 0.4) is 0 Å². The van der Waals surface area contributed by atoms with Crippen LogP contribution in [0.4, 0.5) is 0 Å². The summed E-state index contributed by atoms with van der Waals surface area (Å²) >= 11 is 0. The zero-order valence-corrected chi connectivity index (χ0v) is 15.6. The van der Waals surface area contributed by atoms with Gasteiger partial charge in [0.25, 0.3) is 0 Å². The van der Waals surface area contributed by atoms with Gasteiger partial charge in [0.15, 0.2) is 12.2 Å². The molecule has 4 unspecified atom stereocenters. The van der Waals surface area contributed by atoms with Gasteiger partial charge in [0.1, 0.15) is 12.7 Å². The van der Waals surface area contributed by atoms with Crippen LogP contribution in [-0.4, -0.2) is 54.2 Å². The lowest BCUT2D eigenvalue weighted by Crippen LogP contribution is -2.39. The molecule has 0 spiro atoms. The van der Waals surface area contributed by atoms with Crippen LogP contribution in [0.2, 0.25) is 0 Å². The predicted molar refractivity (Wildman–Crippen MR) is 98.8 cm³/mol. The van der Waals surface area contributed by atoms with Crippen molar-refractivity contribution in [1.29, 1.82) is 0 Å². The van der Waals surface area contributed by atoms with Crippen molar-refractivity contribution >= 4 is 17.9 Å². The van der Waals surface area contributed by atoms with Crippen molar-refractivity contribution in [3.8, 4) is 0 Å². The van der Waals surface area contributed by atoms with E-state index in [1.54, 1.807) is 60.7 Å². The number of ether oxygens (including phenoxy) is 4. The molecule has 1 heterocycles. The minimum absolute atomic E-state index is 0.270. The SMILES string of the molecule is CC(=O)OC1C(COC(=O)c2ccccc2)OC(OC(=O)c2ccccc2)C1O. The summed E-state index contributed by atoms with van der Waals surface area (Å²) in [4.78, 5) is 35.7. The minimum Gasteiger partial charge on any atom is -0.459 e. The molecule has 152 valence electrons. The van der Waals surface area contributed by atoms with Crippen LogP contribution in [0.25, 0.3) is 0 Å². The lowest BCUT2D eigenvalue weighted by Gasteiger charge is -2.19. The third-order valence-electron chi connectivity index (χ3n) is 4.21. The van der Waals surface area contributed by atoms with Crippen molar-refractivity contribution in [2.45, 2.75) is 31.5 Å². The van der Waals surface area contributed by atoms with Gasteiger partial charge in [-0.1, -0.05) is 36.4 Å². The molecule has 2 aromatic carbocycles. The van der Waals surface area contributed by atoms with Gasteiger partial charge in [-0.15, -0.1) is 0 Å². The molecule has 1 fully saturated rings. The molecule has 3 rings (SSSR count). The fourth-order valence-corrected chi connectivity index (χ4v) is 2.84. The van der Waals surface area contributed by atoms with Gasteiger partial charge < -0.3 is 24.1 Å². The lowest BCUT2D eigenvalue weighted by atomic mass is 10.1. The van der Waals surface area contributed by atoms with E-state index in [2.05, 4.69) is 0 Å². The number of aliphatic hydroxyl groups is 1. The van der Waals surface area contributed by atoms with E-state index in [1.165, 1.54) is 6.92 Å². The molecule has 8 heteroatoms. The zero-order valence-electron chi connectivity index (χ0n) is 15.6. The standard InChI is InChI=1S/C21H20O8/c1-13(22)27-18-16(12-26-19(24)14-8-4-2-5-9-14)28-21(17(18)23)29-20(25)15-10-6-3-7-11-15/h2-11,16-18,21,23H,12H2,1H3. The largest absolute Gasteiger partial charge is 0.459 e. The van der Waals surface area contributed by atoms with E-state index in [9.17, 15) is 19.5 Å². The van der Waals surface area contributed by atoms with Crippen LogP contribution < -0.4 is 0 Å². The molecule has 2 aromatic rings. The molecule has 4 atom stereocenters. The van der Waals surface area contributed by atoms with Crippen molar-refractivity contribution in [2.75, 3.05) is 6.61 Å². The van der Waals surface area contributed by atoms with Gasteiger partial charge in [-0.2, -0.15) is 0 Å². The number of benzene rings is 2. The highest BCUT2D eigenvalue weighted by Crippen LogP contribution is 2.26. The Labute approximate surface area is 167 Å². The Bertz CT molecular complexity index is 851. The van der Waals surface area contributed by atoms with Crippen LogP contribution in [0.15, 0.2) is 60.7 Å². The van der Waals surface area contributed by atoms with Gasteiger partial charge in [0, 0.05) is 6.92 Å². The Morgan fingerprint density at radius 1 is 0.897 bits per heavy atom. The smallest absolute Gasteiger partial charge is 0.340 e. The zero-order chi connectivity index (χ0) is 20.8. The summed E-state index contributed by atoms with van der Waals surface area (Å²) in [5.41, 5.74) is 0.605. The molecule has 1 saturated heterocycles. The summed E-state index contributed by atoms with van der Waals surface area (Å²) in [6.07, 6.45) is -4.99. The number of esters is 3. The first kappa shape index (κ1) is 20.5. The maximum Gasteiger partial charge on any atom is 0.340 e. The van der Waals surface area contributed by atoms with E-state index in [1.807, 2.05) is 0 Å². The molecule has 1 aliphatic rings. The highest BCUT2D eigenvalue weighted by molar-refractivity contribution is 5.89. The normalized spacial score (nSPS) is 23.2. The van der Waals surface area contributed by atoms with Crippen LogP contribution in [0.5, 0.6) is 0 Å². The Hall–Kier alpha value is -3.23. The third-order valence-corrected chi connectivity index (χ3v) is 4.21. The lowest BCUT2D eigenvalue weighted by molar-refractivity contribution is -0.153. The Morgan fingerprint density at radius 3 is 2.00 bits per heavy atom. The maximum absolute atomic E-state index is 12.2. The first-order valence-corrected chi connectivity index (χ1v) is 8.94. The third kappa shape index (κ3) is 5.18. The summed E-state index contributed by atoms with van der Waals surface area (Å²) < 4.78 is 21.0. The Kier molecular flexibility index (Phi) is 6.58. The van der Waals surface area contributed by atoms with Gasteiger partial charge >= 0.3 is 17.9 Å². The Morgan fingerprint density at radius 2 is 1.45 bits per heavy atom. The summed E-state index contributed by atoms with van der Waals surface area (Å²) in [7, 11) is 0. The first-order valence-electron chi connectivity index (χ1n) is 8.94. The van der Waals surface area contributed by atoms with Gasteiger partial charge in [-0.25, -0.2) is 9.59 Å². The van der Waals surface area contributed by atoms with Crippen LogP contribution in [-0.2, 0) is 23.7 Å². The maximum atomic E-state index is 12.2. The molecule has 0 saturated carbocycles. The number of hydrogen-bond donors (Lipinski definition) is 1. The van der Waals surface area contributed by atoms with Gasteiger partial charge in [0.2, 0.25) is 6.29 Å². The topological polar surface area (TPSA) is 108 Å². The van der Waals surface area contributed by atoms with Crippen molar-refractivity contribution in [3.05, 3.63) is 71.8 Å². The Balaban J connectivity index is 1.66. The summed E-state index contributed by atoms with van der Waals surface area (Å²) in [6.45, 7) is 0.866. The highest BCUT2D eigenvalue weighted by Gasteiger charge is 2.48. The number of hydrogen-bond acceptors (Lipinski definition) is 8. The molecular weight excluding hydrogens is 380 g/mol. The fraction of sp³-hybridized carbons (Fsp3) is 0.286. The number of carbonyl (C=O) groups is 3. The van der Waals surface area contributed by atoms with Crippen molar-refractivity contribution < 1.29 is 38.4 Å². The fourth-order valence-electron chi connectivity index (χ4n) is 2.84. The summed E-state index contributed by atoms with van der Waals surface area (Å²) in [5.74, 6) is -1.97. The molecule has 29 heavy (non-hydrogen) atoms. The van der Waals surface area contributed by atoms with Gasteiger partial charge in [0.05, 0.1) is 11.1 Å². The molecule has 0 aliphatic carbocycles. The van der Waals surface area contributed by atoms with Crippen LogP contribution in [0, 0.1) is 0 Å². The molecule has 0 radical (unpaired) electrons. The molecule has 1 aliphatic heterocycles. The van der Waals surface area contributed by atoms with Crippen LogP contribution >= 0.6 is 0 Å².